The van der Waals surface area contributed by atoms with E-state index < -0.39 is 12.0 Å². The molecule has 0 fully saturated rings. The standard InChI is InChI=1S/C13H16BrN5O3/c1-3-18-11(9(14)6-16-18)7-15-12(20)10-4-5-19(17-10)8(2)13(21)22/h4-6,8H,3,7H2,1-2H3,(H,15,20)(H,21,22). The van der Waals surface area contributed by atoms with Crippen molar-refractivity contribution in [1.82, 2.24) is 24.9 Å². The van der Waals surface area contributed by atoms with Crippen LogP contribution in [0.3, 0.4) is 0 Å². The third-order valence-electron chi connectivity index (χ3n) is 3.21. The van der Waals surface area contributed by atoms with Gasteiger partial charge in [-0.25, -0.2) is 4.79 Å². The van der Waals surface area contributed by atoms with Crippen molar-refractivity contribution in [3.8, 4) is 0 Å². The van der Waals surface area contributed by atoms with Gasteiger partial charge in [0.2, 0.25) is 0 Å². The van der Waals surface area contributed by atoms with Crippen molar-refractivity contribution in [2.24, 2.45) is 0 Å². The molecule has 0 aliphatic heterocycles. The number of nitrogens with zero attached hydrogens (tertiary/aromatic N) is 4. The van der Waals surface area contributed by atoms with Crippen LogP contribution in [0.2, 0.25) is 0 Å². The maximum absolute atomic E-state index is 12.1. The molecule has 0 aliphatic rings. The highest BCUT2D eigenvalue weighted by molar-refractivity contribution is 9.10. The second-order valence-electron chi connectivity index (χ2n) is 4.63. The van der Waals surface area contributed by atoms with Crippen LogP contribution in [-0.2, 0) is 17.9 Å². The fourth-order valence-corrected chi connectivity index (χ4v) is 2.32. The molecule has 0 spiro atoms. The molecule has 2 aromatic rings. The first-order chi connectivity index (χ1) is 10.4. The molecule has 1 atom stereocenters. The zero-order chi connectivity index (χ0) is 16.3. The molecule has 2 N–H and O–H groups in total. The SMILES string of the molecule is CCn1ncc(Br)c1CNC(=O)c1ccn(C(C)C(=O)O)n1. The van der Waals surface area contributed by atoms with Crippen LogP contribution in [0.1, 0.15) is 36.1 Å². The van der Waals surface area contributed by atoms with Gasteiger partial charge < -0.3 is 10.4 Å². The highest BCUT2D eigenvalue weighted by Gasteiger charge is 2.17. The lowest BCUT2D eigenvalue weighted by Crippen LogP contribution is -2.25. The fourth-order valence-electron chi connectivity index (χ4n) is 1.88. The van der Waals surface area contributed by atoms with Gasteiger partial charge in [0.1, 0.15) is 11.7 Å². The number of hydrogen-bond acceptors (Lipinski definition) is 4. The van der Waals surface area contributed by atoms with Crippen molar-refractivity contribution in [3.05, 3.63) is 34.3 Å². The Bertz CT molecular complexity index is 694. The van der Waals surface area contributed by atoms with E-state index in [1.807, 2.05) is 6.92 Å². The Balaban J connectivity index is 2.04. The minimum atomic E-state index is -1.01. The summed E-state index contributed by atoms with van der Waals surface area (Å²) >= 11 is 3.38. The average Bonchev–Trinajstić information content (AvgIpc) is 3.10. The van der Waals surface area contributed by atoms with E-state index in [2.05, 4.69) is 31.4 Å². The van der Waals surface area contributed by atoms with Gasteiger partial charge in [-0.2, -0.15) is 10.2 Å². The molecule has 0 bridgehead atoms. The molecular formula is C13H16BrN5O3. The predicted octanol–water partition coefficient (Wildman–Crippen LogP) is 1.44. The third kappa shape index (κ3) is 3.35. The number of aliphatic carboxylic acids is 1. The second kappa shape index (κ2) is 6.73. The van der Waals surface area contributed by atoms with E-state index in [0.717, 1.165) is 10.2 Å². The molecule has 0 aliphatic carbocycles. The first kappa shape index (κ1) is 16.2. The number of carboxylic acid groups (broad SMARTS) is 1. The lowest BCUT2D eigenvalue weighted by Gasteiger charge is -2.07. The van der Waals surface area contributed by atoms with Crippen molar-refractivity contribution in [2.45, 2.75) is 33.0 Å². The topological polar surface area (TPSA) is 102 Å². The Morgan fingerprint density at radius 2 is 2.23 bits per heavy atom. The van der Waals surface area contributed by atoms with Crippen molar-refractivity contribution in [2.75, 3.05) is 0 Å². The molecule has 22 heavy (non-hydrogen) atoms. The summed E-state index contributed by atoms with van der Waals surface area (Å²) in [7, 11) is 0. The van der Waals surface area contributed by atoms with Crippen molar-refractivity contribution in [1.29, 1.82) is 0 Å². The highest BCUT2D eigenvalue weighted by Crippen LogP contribution is 2.15. The summed E-state index contributed by atoms with van der Waals surface area (Å²) in [6.07, 6.45) is 3.15. The maximum atomic E-state index is 12.1. The van der Waals surface area contributed by atoms with Gasteiger partial charge in [-0.15, -0.1) is 0 Å². The Morgan fingerprint density at radius 1 is 1.50 bits per heavy atom. The number of aromatic nitrogens is 4. The van der Waals surface area contributed by atoms with Crippen molar-refractivity contribution in [3.63, 3.8) is 0 Å². The number of amides is 1. The minimum absolute atomic E-state index is 0.173. The Kier molecular flexibility index (Phi) is 4.96. The van der Waals surface area contributed by atoms with E-state index in [-0.39, 0.29) is 11.6 Å². The summed E-state index contributed by atoms with van der Waals surface area (Å²) in [5.41, 5.74) is 1.03. The van der Waals surface area contributed by atoms with Gasteiger partial charge in [-0.1, -0.05) is 0 Å². The number of hydrogen-bond donors (Lipinski definition) is 2. The molecule has 1 unspecified atom stereocenters. The van der Waals surface area contributed by atoms with Crippen molar-refractivity contribution >= 4 is 27.8 Å². The van der Waals surface area contributed by atoms with Gasteiger partial charge in [0, 0.05) is 12.7 Å². The number of nitrogens with one attached hydrogen (secondary N) is 1. The van der Waals surface area contributed by atoms with E-state index in [9.17, 15) is 9.59 Å². The van der Waals surface area contributed by atoms with E-state index in [0.29, 0.717) is 13.1 Å². The van der Waals surface area contributed by atoms with Gasteiger partial charge in [-0.05, 0) is 35.8 Å². The monoisotopic (exact) mass is 369 g/mol. The number of carboxylic acids is 1. The van der Waals surface area contributed by atoms with Crippen LogP contribution in [0.25, 0.3) is 0 Å². The number of carbonyl (C=O) groups is 2. The molecule has 0 aromatic carbocycles. The first-order valence-electron chi connectivity index (χ1n) is 6.70. The minimum Gasteiger partial charge on any atom is -0.480 e. The molecular weight excluding hydrogens is 354 g/mol. The van der Waals surface area contributed by atoms with Gasteiger partial charge in [0.05, 0.1) is 22.9 Å². The molecule has 9 heteroatoms. The number of halogens is 1. The zero-order valence-electron chi connectivity index (χ0n) is 12.2. The van der Waals surface area contributed by atoms with Crippen LogP contribution in [-0.4, -0.2) is 36.5 Å². The van der Waals surface area contributed by atoms with Crippen LogP contribution in [0.5, 0.6) is 0 Å². The summed E-state index contributed by atoms with van der Waals surface area (Å²) in [5.74, 6) is -1.38. The van der Waals surface area contributed by atoms with E-state index >= 15 is 0 Å². The van der Waals surface area contributed by atoms with E-state index in [1.54, 1.807) is 10.9 Å². The lowest BCUT2D eigenvalue weighted by atomic mass is 10.3. The summed E-state index contributed by atoms with van der Waals surface area (Å²) in [6.45, 7) is 4.45. The van der Waals surface area contributed by atoms with Gasteiger partial charge in [-0.3, -0.25) is 14.2 Å². The largest absolute Gasteiger partial charge is 0.480 e. The molecule has 0 saturated heterocycles. The average molecular weight is 370 g/mol. The van der Waals surface area contributed by atoms with E-state index in [1.165, 1.54) is 23.9 Å². The zero-order valence-corrected chi connectivity index (χ0v) is 13.7. The molecule has 2 aromatic heterocycles. The number of carbonyl (C=O) groups excluding carboxylic acids is 1. The quantitative estimate of drug-likeness (QED) is 0.801. The van der Waals surface area contributed by atoms with Crippen LogP contribution in [0.15, 0.2) is 22.9 Å². The van der Waals surface area contributed by atoms with Crippen molar-refractivity contribution < 1.29 is 14.7 Å². The normalized spacial score (nSPS) is 12.1. The second-order valence-corrected chi connectivity index (χ2v) is 5.49. The number of aryl methyl sites for hydroxylation is 1. The Morgan fingerprint density at radius 3 is 2.86 bits per heavy atom. The molecule has 0 saturated carbocycles. The third-order valence-corrected chi connectivity index (χ3v) is 3.87. The summed E-state index contributed by atoms with van der Waals surface area (Å²) < 4.78 is 3.83. The molecule has 8 nitrogen and oxygen atoms in total. The van der Waals surface area contributed by atoms with Gasteiger partial charge in [0.25, 0.3) is 5.91 Å². The number of rotatable bonds is 6. The van der Waals surface area contributed by atoms with E-state index in [4.69, 9.17) is 5.11 Å². The summed E-state index contributed by atoms with van der Waals surface area (Å²) in [5, 5.41) is 19.8. The first-order valence-corrected chi connectivity index (χ1v) is 7.49. The molecule has 2 rings (SSSR count). The fraction of sp³-hybridized carbons (Fsp3) is 0.385. The molecule has 1 amide bonds. The molecule has 0 radical (unpaired) electrons. The Hall–Kier alpha value is -2.16. The Labute approximate surface area is 135 Å². The van der Waals surface area contributed by atoms with Gasteiger partial charge in [0.15, 0.2) is 0 Å². The maximum Gasteiger partial charge on any atom is 0.328 e. The summed E-state index contributed by atoms with van der Waals surface area (Å²) in [6, 6.07) is 0.665. The highest BCUT2D eigenvalue weighted by atomic mass is 79.9. The van der Waals surface area contributed by atoms with Crippen LogP contribution >= 0.6 is 15.9 Å². The predicted molar refractivity (Wildman–Crippen MR) is 81.3 cm³/mol. The smallest absolute Gasteiger partial charge is 0.328 e. The van der Waals surface area contributed by atoms with Crippen LogP contribution in [0.4, 0.5) is 0 Å². The van der Waals surface area contributed by atoms with Crippen LogP contribution < -0.4 is 5.32 Å². The molecule has 118 valence electrons. The molecule has 2 heterocycles. The van der Waals surface area contributed by atoms with Gasteiger partial charge >= 0.3 is 5.97 Å². The summed E-state index contributed by atoms with van der Waals surface area (Å²) in [4.78, 5) is 23.0. The lowest BCUT2D eigenvalue weighted by molar-refractivity contribution is -0.140. The van der Waals surface area contributed by atoms with Crippen LogP contribution in [0, 0.1) is 0 Å².